The van der Waals surface area contributed by atoms with Gasteiger partial charge in [-0.1, -0.05) is 34.6 Å². The molecule has 18 heavy (non-hydrogen) atoms. The minimum absolute atomic E-state index is 0.0693. The monoisotopic (exact) mass is 271 g/mol. The average Bonchev–Trinajstić information content (AvgIpc) is 2.64. The molecule has 0 amide bonds. The van der Waals surface area contributed by atoms with Crippen molar-refractivity contribution >= 4 is 17.7 Å². The van der Waals surface area contributed by atoms with Gasteiger partial charge in [-0.25, -0.2) is 4.98 Å². The molecule has 0 bridgehead atoms. The van der Waals surface area contributed by atoms with E-state index in [1.165, 1.54) is 11.8 Å². The Balaban J connectivity index is 2.63. The Bertz CT molecular complexity index is 407. The van der Waals surface area contributed by atoms with E-state index in [2.05, 4.69) is 25.8 Å². The first-order valence-electron chi connectivity index (χ1n) is 6.01. The van der Waals surface area contributed by atoms with Crippen molar-refractivity contribution in [3.63, 3.8) is 0 Å². The molecule has 1 unspecified atom stereocenters. The fourth-order valence-electron chi connectivity index (χ4n) is 1.43. The van der Waals surface area contributed by atoms with Crippen LogP contribution in [-0.4, -0.2) is 21.3 Å². The average molecular weight is 271 g/mol. The minimum atomic E-state index is -0.780. The number of aliphatic carboxylic acids is 1. The van der Waals surface area contributed by atoms with Crippen molar-refractivity contribution in [1.29, 1.82) is 0 Å². The second kappa shape index (κ2) is 5.78. The molecule has 4 nitrogen and oxygen atoms in total. The van der Waals surface area contributed by atoms with Crippen molar-refractivity contribution in [2.24, 2.45) is 5.92 Å². The van der Waals surface area contributed by atoms with E-state index in [0.717, 1.165) is 5.76 Å². The molecule has 1 N–H and O–H groups in total. The van der Waals surface area contributed by atoms with Gasteiger partial charge in [0.25, 0.3) is 0 Å². The number of carboxylic acids is 1. The first-order valence-corrected chi connectivity index (χ1v) is 7.06. The Kier molecular flexibility index (Phi) is 4.85. The fourth-order valence-corrected chi connectivity index (χ4v) is 2.42. The molecule has 0 aliphatic rings. The SMILES string of the molecule is CC(C)C(SCc1ncc(C(C)(C)C)o1)C(=O)O. The number of thioether (sulfide) groups is 1. The first kappa shape index (κ1) is 15.1. The molecule has 0 aliphatic carbocycles. The topological polar surface area (TPSA) is 63.3 Å². The summed E-state index contributed by atoms with van der Waals surface area (Å²) in [6, 6.07) is 0. The van der Waals surface area contributed by atoms with Crippen LogP contribution in [0.4, 0.5) is 0 Å². The number of hydrogen-bond acceptors (Lipinski definition) is 4. The summed E-state index contributed by atoms with van der Waals surface area (Å²) in [6.45, 7) is 9.97. The molecule has 0 aliphatic heterocycles. The lowest BCUT2D eigenvalue weighted by molar-refractivity contribution is -0.137. The smallest absolute Gasteiger partial charge is 0.316 e. The van der Waals surface area contributed by atoms with Crippen molar-refractivity contribution in [1.82, 2.24) is 4.98 Å². The lowest BCUT2D eigenvalue weighted by Crippen LogP contribution is -2.22. The number of aromatic nitrogens is 1. The quantitative estimate of drug-likeness (QED) is 0.890. The van der Waals surface area contributed by atoms with E-state index in [-0.39, 0.29) is 11.3 Å². The van der Waals surface area contributed by atoms with Crippen LogP contribution in [0, 0.1) is 5.92 Å². The molecular weight excluding hydrogens is 250 g/mol. The van der Waals surface area contributed by atoms with Crippen molar-refractivity contribution in [3.8, 4) is 0 Å². The van der Waals surface area contributed by atoms with Crippen LogP contribution in [0.25, 0.3) is 0 Å². The van der Waals surface area contributed by atoms with Gasteiger partial charge in [0.15, 0.2) is 0 Å². The maximum atomic E-state index is 11.1. The van der Waals surface area contributed by atoms with Crippen LogP contribution in [0.5, 0.6) is 0 Å². The van der Waals surface area contributed by atoms with E-state index in [1.54, 1.807) is 6.20 Å². The summed E-state index contributed by atoms with van der Waals surface area (Å²) >= 11 is 1.36. The molecular formula is C13H21NO3S. The summed E-state index contributed by atoms with van der Waals surface area (Å²) in [6.07, 6.45) is 1.72. The molecule has 0 fully saturated rings. The van der Waals surface area contributed by atoms with Gasteiger partial charge in [0.2, 0.25) is 5.89 Å². The second-order valence-corrected chi connectivity index (χ2v) is 6.81. The molecule has 0 aromatic carbocycles. The van der Waals surface area contributed by atoms with Crippen LogP contribution in [0.15, 0.2) is 10.6 Å². The van der Waals surface area contributed by atoms with Crippen LogP contribution in [-0.2, 0) is 16.0 Å². The van der Waals surface area contributed by atoms with Gasteiger partial charge < -0.3 is 9.52 Å². The summed E-state index contributed by atoms with van der Waals surface area (Å²) in [5.41, 5.74) is -0.0693. The third-order valence-electron chi connectivity index (χ3n) is 2.53. The Morgan fingerprint density at radius 3 is 2.50 bits per heavy atom. The highest BCUT2D eigenvalue weighted by atomic mass is 32.2. The number of rotatable bonds is 5. The second-order valence-electron chi connectivity index (χ2n) is 5.68. The lowest BCUT2D eigenvalue weighted by atomic mass is 9.94. The van der Waals surface area contributed by atoms with E-state index < -0.39 is 11.2 Å². The largest absolute Gasteiger partial charge is 0.480 e. The Morgan fingerprint density at radius 2 is 2.11 bits per heavy atom. The standard InChI is InChI=1S/C13H21NO3S/c1-8(2)11(12(15)16)18-7-10-14-6-9(17-10)13(3,4)5/h6,8,11H,7H2,1-5H3,(H,15,16). The predicted octanol–water partition coefficient (Wildman–Crippen LogP) is 3.31. The highest BCUT2D eigenvalue weighted by molar-refractivity contribution is 7.99. The number of nitrogens with zero attached hydrogens (tertiary/aromatic N) is 1. The van der Waals surface area contributed by atoms with Crippen LogP contribution >= 0.6 is 11.8 Å². The molecule has 102 valence electrons. The predicted molar refractivity (Wildman–Crippen MR) is 72.8 cm³/mol. The normalized spacial score (nSPS) is 13.9. The Labute approximate surface area is 112 Å². The molecule has 0 saturated carbocycles. The van der Waals surface area contributed by atoms with Gasteiger partial charge in [-0.05, 0) is 5.92 Å². The highest BCUT2D eigenvalue weighted by Crippen LogP contribution is 2.27. The molecule has 1 heterocycles. The van der Waals surface area contributed by atoms with Crippen LogP contribution in [0.3, 0.4) is 0 Å². The lowest BCUT2D eigenvalue weighted by Gasteiger charge is -2.15. The van der Waals surface area contributed by atoms with E-state index in [9.17, 15) is 4.79 Å². The number of carbonyl (C=O) groups is 1. The van der Waals surface area contributed by atoms with E-state index in [4.69, 9.17) is 9.52 Å². The molecule has 5 heteroatoms. The van der Waals surface area contributed by atoms with Gasteiger partial charge in [-0.3, -0.25) is 4.79 Å². The summed E-state index contributed by atoms with van der Waals surface area (Å²) in [4.78, 5) is 15.2. The van der Waals surface area contributed by atoms with Gasteiger partial charge in [-0.15, -0.1) is 11.8 Å². The van der Waals surface area contributed by atoms with E-state index in [1.807, 2.05) is 13.8 Å². The zero-order chi connectivity index (χ0) is 13.9. The molecule has 1 aromatic rings. The summed E-state index contributed by atoms with van der Waals surface area (Å²) in [7, 11) is 0. The van der Waals surface area contributed by atoms with Gasteiger partial charge in [-0.2, -0.15) is 0 Å². The van der Waals surface area contributed by atoms with Crippen LogP contribution < -0.4 is 0 Å². The van der Waals surface area contributed by atoms with Crippen molar-refractivity contribution in [2.75, 3.05) is 0 Å². The highest BCUT2D eigenvalue weighted by Gasteiger charge is 2.24. The van der Waals surface area contributed by atoms with Gasteiger partial charge >= 0.3 is 5.97 Å². The van der Waals surface area contributed by atoms with Crippen molar-refractivity contribution in [3.05, 3.63) is 17.8 Å². The zero-order valence-corrected chi connectivity index (χ0v) is 12.4. The summed E-state index contributed by atoms with van der Waals surface area (Å²) in [5, 5.41) is 8.66. The Morgan fingerprint density at radius 1 is 1.50 bits per heavy atom. The van der Waals surface area contributed by atoms with E-state index >= 15 is 0 Å². The van der Waals surface area contributed by atoms with Crippen molar-refractivity contribution in [2.45, 2.75) is 51.0 Å². The number of hydrogen-bond donors (Lipinski definition) is 1. The van der Waals surface area contributed by atoms with E-state index in [0.29, 0.717) is 11.6 Å². The van der Waals surface area contributed by atoms with Crippen molar-refractivity contribution < 1.29 is 14.3 Å². The zero-order valence-electron chi connectivity index (χ0n) is 11.6. The molecule has 0 radical (unpaired) electrons. The number of oxazole rings is 1. The Hall–Kier alpha value is -0.970. The van der Waals surface area contributed by atoms with Gasteiger partial charge in [0, 0.05) is 5.41 Å². The summed E-state index contributed by atoms with van der Waals surface area (Å²) in [5.74, 6) is 1.22. The fraction of sp³-hybridized carbons (Fsp3) is 0.692. The molecule has 0 saturated heterocycles. The third-order valence-corrected chi connectivity index (χ3v) is 4.05. The molecule has 1 aromatic heterocycles. The number of carboxylic acid groups (broad SMARTS) is 1. The maximum Gasteiger partial charge on any atom is 0.316 e. The van der Waals surface area contributed by atoms with Crippen LogP contribution in [0.1, 0.15) is 46.3 Å². The molecule has 1 atom stereocenters. The summed E-state index contributed by atoms with van der Waals surface area (Å²) < 4.78 is 5.63. The van der Waals surface area contributed by atoms with Gasteiger partial charge in [0.05, 0.1) is 11.9 Å². The molecule has 1 rings (SSSR count). The first-order chi connectivity index (χ1) is 8.21. The maximum absolute atomic E-state index is 11.1. The minimum Gasteiger partial charge on any atom is -0.480 e. The van der Waals surface area contributed by atoms with Crippen LogP contribution in [0.2, 0.25) is 0 Å². The van der Waals surface area contributed by atoms with Gasteiger partial charge in [0.1, 0.15) is 11.0 Å². The molecule has 0 spiro atoms. The third kappa shape index (κ3) is 4.05.